The second kappa shape index (κ2) is 6.74. The molecule has 0 spiro atoms. The zero-order valence-corrected chi connectivity index (χ0v) is 13.0. The van der Waals surface area contributed by atoms with Crippen LogP contribution in [0.2, 0.25) is 0 Å². The highest BCUT2D eigenvalue weighted by Crippen LogP contribution is 2.24. The van der Waals surface area contributed by atoms with Gasteiger partial charge >= 0.3 is 0 Å². The van der Waals surface area contributed by atoms with Crippen LogP contribution in [-0.4, -0.2) is 6.79 Å². The van der Waals surface area contributed by atoms with Crippen LogP contribution in [0.4, 0.5) is 0 Å². The Hall–Kier alpha value is -1.84. The molecule has 0 N–H and O–H groups in total. The molecule has 0 aliphatic rings. The summed E-state index contributed by atoms with van der Waals surface area (Å²) in [5, 5.41) is 2.33. The first kappa shape index (κ1) is 14.1. The van der Waals surface area contributed by atoms with Gasteiger partial charge in [0, 0.05) is 4.47 Å². The van der Waals surface area contributed by atoms with Crippen LogP contribution in [0.3, 0.4) is 0 Å². The smallest absolute Gasteiger partial charge is 0.189 e. The first-order valence-corrected chi connectivity index (χ1v) is 7.54. The van der Waals surface area contributed by atoms with Crippen molar-refractivity contribution in [2.45, 2.75) is 6.61 Å². The van der Waals surface area contributed by atoms with Gasteiger partial charge in [-0.1, -0.05) is 58.4 Å². The van der Waals surface area contributed by atoms with E-state index in [0.717, 1.165) is 21.2 Å². The maximum atomic E-state index is 5.63. The molecule has 0 fully saturated rings. The van der Waals surface area contributed by atoms with E-state index in [4.69, 9.17) is 9.47 Å². The Kier molecular flexibility index (Phi) is 4.53. The summed E-state index contributed by atoms with van der Waals surface area (Å²) in [6, 6.07) is 22.3. The summed E-state index contributed by atoms with van der Waals surface area (Å²) in [4.78, 5) is 0. The minimum Gasteiger partial charge on any atom is -0.468 e. The molecule has 3 rings (SSSR count). The number of ether oxygens (including phenoxy) is 2. The number of rotatable bonds is 5. The number of fused-ring (bicyclic) bond motifs is 1. The first-order valence-electron chi connectivity index (χ1n) is 6.75. The maximum Gasteiger partial charge on any atom is 0.189 e. The van der Waals surface area contributed by atoms with Crippen molar-refractivity contribution in [1.29, 1.82) is 0 Å². The largest absolute Gasteiger partial charge is 0.468 e. The fourth-order valence-electron chi connectivity index (χ4n) is 2.13. The van der Waals surface area contributed by atoms with E-state index in [1.165, 1.54) is 5.39 Å². The fourth-order valence-corrected chi connectivity index (χ4v) is 2.51. The Morgan fingerprint density at radius 3 is 2.43 bits per heavy atom. The molecule has 0 aliphatic heterocycles. The van der Waals surface area contributed by atoms with Gasteiger partial charge < -0.3 is 9.47 Å². The quantitative estimate of drug-likeness (QED) is 0.471. The van der Waals surface area contributed by atoms with Crippen LogP contribution in [0.1, 0.15) is 5.56 Å². The molecule has 3 aromatic rings. The van der Waals surface area contributed by atoms with Crippen molar-refractivity contribution >= 4 is 26.7 Å². The summed E-state index contributed by atoms with van der Waals surface area (Å²) in [6.07, 6.45) is 0. The Labute approximate surface area is 132 Å². The van der Waals surface area contributed by atoms with Crippen LogP contribution in [-0.2, 0) is 11.3 Å². The van der Waals surface area contributed by atoms with Gasteiger partial charge in [-0.15, -0.1) is 0 Å². The summed E-state index contributed by atoms with van der Waals surface area (Å²) in [6.45, 7) is 0.804. The van der Waals surface area contributed by atoms with E-state index in [1.807, 2.05) is 54.6 Å². The normalized spacial score (nSPS) is 10.7. The van der Waals surface area contributed by atoms with Crippen LogP contribution in [0.5, 0.6) is 5.75 Å². The van der Waals surface area contributed by atoms with E-state index < -0.39 is 0 Å². The third-order valence-electron chi connectivity index (χ3n) is 3.19. The predicted molar refractivity (Wildman–Crippen MR) is 88.4 cm³/mol. The number of halogens is 1. The summed E-state index contributed by atoms with van der Waals surface area (Å²) in [7, 11) is 0. The minimum atomic E-state index is 0.247. The van der Waals surface area contributed by atoms with Crippen molar-refractivity contribution < 1.29 is 9.47 Å². The molecular formula is C18H15BrO2. The lowest BCUT2D eigenvalue weighted by Gasteiger charge is -2.08. The van der Waals surface area contributed by atoms with Crippen molar-refractivity contribution in [3.63, 3.8) is 0 Å². The second-order valence-electron chi connectivity index (χ2n) is 4.75. The van der Waals surface area contributed by atoms with Crippen molar-refractivity contribution in [2.24, 2.45) is 0 Å². The fraction of sp³-hybridized carbons (Fsp3) is 0.111. The molecule has 0 aromatic heterocycles. The topological polar surface area (TPSA) is 18.5 Å². The predicted octanol–water partition coefficient (Wildman–Crippen LogP) is 5.16. The van der Waals surface area contributed by atoms with Gasteiger partial charge in [-0.25, -0.2) is 0 Å². The van der Waals surface area contributed by atoms with Gasteiger partial charge in [0.05, 0.1) is 6.61 Å². The molecule has 3 heteroatoms. The zero-order valence-electron chi connectivity index (χ0n) is 11.5. The monoisotopic (exact) mass is 342 g/mol. The van der Waals surface area contributed by atoms with Crippen LogP contribution in [0.25, 0.3) is 10.8 Å². The van der Waals surface area contributed by atoms with Gasteiger partial charge in [-0.05, 0) is 40.6 Å². The lowest BCUT2D eigenvalue weighted by molar-refractivity contribution is 0.00512. The van der Waals surface area contributed by atoms with Gasteiger partial charge in [0.15, 0.2) is 6.79 Å². The Balaban J connectivity index is 1.57. The molecule has 0 saturated carbocycles. The summed E-state index contributed by atoms with van der Waals surface area (Å²) < 4.78 is 12.2. The van der Waals surface area contributed by atoms with E-state index in [2.05, 4.69) is 28.1 Å². The van der Waals surface area contributed by atoms with Crippen molar-refractivity contribution in [1.82, 2.24) is 0 Å². The van der Waals surface area contributed by atoms with Crippen molar-refractivity contribution in [3.05, 3.63) is 76.8 Å². The number of benzene rings is 3. The van der Waals surface area contributed by atoms with Gasteiger partial charge in [-0.3, -0.25) is 0 Å². The average Bonchev–Trinajstić information content (AvgIpc) is 2.52. The molecule has 0 atom stereocenters. The van der Waals surface area contributed by atoms with Gasteiger partial charge in [-0.2, -0.15) is 0 Å². The molecule has 3 aromatic carbocycles. The average molecular weight is 343 g/mol. The molecule has 0 radical (unpaired) electrons. The van der Waals surface area contributed by atoms with E-state index in [1.54, 1.807) is 0 Å². The molecule has 0 saturated heterocycles. The SMILES string of the molecule is Brc1ccc2cc(OCOCc3ccccc3)ccc2c1. The highest BCUT2D eigenvalue weighted by atomic mass is 79.9. The molecule has 21 heavy (non-hydrogen) atoms. The van der Waals surface area contributed by atoms with E-state index in [9.17, 15) is 0 Å². The molecule has 0 aliphatic carbocycles. The molecule has 0 heterocycles. The molecule has 106 valence electrons. The van der Waals surface area contributed by atoms with Crippen LogP contribution >= 0.6 is 15.9 Å². The summed E-state index contributed by atoms with van der Waals surface area (Å²) in [5.41, 5.74) is 1.14. The number of hydrogen-bond acceptors (Lipinski definition) is 2. The van der Waals surface area contributed by atoms with Crippen LogP contribution in [0.15, 0.2) is 71.2 Å². The van der Waals surface area contributed by atoms with E-state index in [-0.39, 0.29) is 6.79 Å². The number of hydrogen-bond donors (Lipinski definition) is 0. The maximum absolute atomic E-state index is 5.63. The highest BCUT2D eigenvalue weighted by molar-refractivity contribution is 9.10. The van der Waals surface area contributed by atoms with E-state index in [0.29, 0.717) is 6.61 Å². The van der Waals surface area contributed by atoms with Crippen LogP contribution in [0, 0.1) is 0 Å². The molecule has 0 amide bonds. The van der Waals surface area contributed by atoms with Gasteiger partial charge in [0.2, 0.25) is 0 Å². The molecule has 0 bridgehead atoms. The van der Waals surface area contributed by atoms with Gasteiger partial charge in [0.1, 0.15) is 5.75 Å². The van der Waals surface area contributed by atoms with Gasteiger partial charge in [0.25, 0.3) is 0 Å². The summed E-state index contributed by atoms with van der Waals surface area (Å²) in [5.74, 6) is 0.817. The highest BCUT2D eigenvalue weighted by Gasteiger charge is 1.99. The Morgan fingerprint density at radius 1 is 0.810 bits per heavy atom. The van der Waals surface area contributed by atoms with Crippen molar-refractivity contribution in [2.75, 3.05) is 6.79 Å². The van der Waals surface area contributed by atoms with Crippen molar-refractivity contribution in [3.8, 4) is 5.75 Å². The van der Waals surface area contributed by atoms with Crippen LogP contribution < -0.4 is 4.74 Å². The lowest BCUT2D eigenvalue weighted by Crippen LogP contribution is -2.02. The zero-order chi connectivity index (χ0) is 14.5. The van der Waals surface area contributed by atoms with E-state index >= 15 is 0 Å². The Bertz CT molecular complexity index is 726. The standard InChI is InChI=1S/C18H15BrO2/c19-17-8-6-16-11-18(9-7-15(16)10-17)21-13-20-12-14-4-2-1-3-5-14/h1-11H,12-13H2. The first-order chi connectivity index (χ1) is 10.3. The minimum absolute atomic E-state index is 0.247. The third-order valence-corrected chi connectivity index (χ3v) is 3.69. The summed E-state index contributed by atoms with van der Waals surface area (Å²) >= 11 is 3.47. The molecular weight excluding hydrogens is 328 g/mol. The third kappa shape index (κ3) is 3.84. The molecule has 2 nitrogen and oxygen atoms in total. The lowest BCUT2D eigenvalue weighted by atomic mass is 10.1. The Morgan fingerprint density at radius 2 is 1.57 bits per heavy atom. The molecule has 0 unspecified atom stereocenters. The second-order valence-corrected chi connectivity index (χ2v) is 5.67.